The van der Waals surface area contributed by atoms with E-state index in [-0.39, 0.29) is 34.4 Å². The zero-order valence-corrected chi connectivity index (χ0v) is 19.3. The minimum Gasteiger partial charge on any atom is -0.465 e. The van der Waals surface area contributed by atoms with Gasteiger partial charge >= 0.3 is 6.09 Å². The molecule has 0 aliphatic rings. The molecular formula is C24H26F2N4O4. The molecule has 0 aliphatic carbocycles. The first-order valence-corrected chi connectivity index (χ1v) is 10.6. The number of nitrogens with zero attached hydrogens (tertiary/aromatic N) is 3. The Morgan fingerprint density at radius 1 is 1.18 bits per heavy atom. The summed E-state index contributed by atoms with van der Waals surface area (Å²) in [6.45, 7) is 6.85. The first-order valence-electron chi connectivity index (χ1n) is 10.6. The summed E-state index contributed by atoms with van der Waals surface area (Å²) < 4.78 is 28.6. The maximum absolute atomic E-state index is 13.8. The Hall–Kier alpha value is -3.82. The van der Waals surface area contributed by atoms with Crippen LogP contribution in [-0.4, -0.2) is 37.1 Å². The molecule has 0 saturated carbocycles. The monoisotopic (exact) mass is 472 g/mol. The Kier molecular flexibility index (Phi) is 6.72. The minimum atomic E-state index is -2.93. The van der Waals surface area contributed by atoms with E-state index in [9.17, 15) is 28.3 Å². The molecule has 1 unspecified atom stereocenters. The number of aromatic nitrogens is 2. The van der Waals surface area contributed by atoms with E-state index in [0.717, 1.165) is 10.6 Å². The summed E-state index contributed by atoms with van der Waals surface area (Å²) in [5.41, 5.74) is 3.52. The predicted octanol–water partition coefficient (Wildman–Crippen LogP) is 4.65. The van der Waals surface area contributed by atoms with Crippen LogP contribution in [0.25, 0.3) is 16.6 Å². The van der Waals surface area contributed by atoms with E-state index in [2.05, 4.69) is 4.98 Å². The maximum atomic E-state index is 13.8. The minimum absolute atomic E-state index is 0.0257. The summed E-state index contributed by atoms with van der Waals surface area (Å²) >= 11 is 0. The molecule has 3 rings (SSSR count). The van der Waals surface area contributed by atoms with E-state index in [4.69, 9.17) is 5.73 Å². The van der Waals surface area contributed by atoms with Crippen LogP contribution in [0.15, 0.2) is 47.3 Å². The summed E-state index contributed by atoms with van der Waals surface area (Å²) in [6.07, 6.45) is -3.92. The highest BCUT2D eigenvalue weighted by Gasteiger charge is 2.36. The molecule has 8 nitrogen and oxygen atoms in total. The smallest absolute Gasteiger partial charge is 0.408 e. The quantitative estimate of drug-likeness (QED) is 0.541. The van der Waals surface area contributed by atoms with Crippen molar-refractivity contribution in [2.24, 2.45) is 5.73 Å². The molecule has 3 N–H and O–H groups in total. The molecule has 0 saturated heterocycles. The largest absolute Gasteiger partial charge is 0.465 e. The number of hydrogen-bond donors (Lipinski definition) is 2. The Morgan fingerprint density at radius 2 is 1.82 bits per heavy atom. The molecule has 0 fully saturated rings. The zero-order valence-electron chi connectivity index (χ0n) is 19.3. The van der Waals surface area contributed by atoms with Gasteiger partial charge in [0.15, 0.2) is 0 Å². The molecule has 0 aliphatic heterocycles. The van der Waals surface area contributed by atoms with Crippen LogP contribution in [0, 0.1) is 0 Å². The molecule has 3 aromatic rings. The van der Waals surface area contributed by atoms with Crippen LogP contribution >= 0.6 is 0 Å². The van der Waals surface area contributed by atoms with Crippen LogP contribution in [0.3, 0.4) is 0 Å². The molecule has 10 heteroatoms. The predicted molar refractivity (Wildman–Crippen MR) is 123 cm³/mol. The van der Waals surface area contributed by atoms with Crippen molar-refractivity contribution in [3.63, 3.8) is 0 Å². The number of benzene rings is 2. The van der Waals surface area contributed by atoms with Crippen molar-refractivity contribution in [3.8, 4) is 5.69 Å². The van der Waals surface area contributed by atoms with Crippen LogP contribution in [0.2, 0.25) is 0 Å². The maximum Gasteiger partial charge on any atom is 0.408 e. The summed E-state index contributed by atoms with van der Waals surface area (Å²) in [4.78, 5) is 43.4. The number of primary amides is 1. The van der Waals surface area contributed by atoms with Gasteiger partial charge in [0.2, 0.25) is 5.91 Å². The molecule has 34 heavy (non-hydrogen) atoms. The summed E-state index contributed by atoms with van der Waals surface area (Å²) in [6, 6.07) is 8.85. The lowest BCUT2D eigenvalue weighted by Gasteiger charge is -2.39. The van der Waals surface area contributed by atoms with Crippen LogP contribution in [0.4, 0.5) is 13.6 Å². The van der Waals surface area contributed by atoms with Crippen LogP contribution in [0.5, 0.6) is 0 Å². The molecule has 2 amide bonds. The molecule has 180 valence electrons. The lowest BCUT2D eigenvalue weighted by Crippen LogP contribution is -2.48. The summed E-state index contributed by atoms with van der Waals surface area (Å²) in [5, 5.41) is 9.72. The van der Waals surface area contributed by atoms with Crippen molar-refractivity contribution in [2.75, 3.05) is 0 Å². The molecule has 0 radical (unpaired) electrons. The molecule has 0 spiro atoms. The number of nitrogens with two attached hydrogens (primary N) is 1. The third kappa shape index (κ3) is 4.48. The zero-order chi connectivity index (χ0) is 25.4. The number of alkyl halides is 2. The fourth-order valence-corrected chi connectivity index (χ4v) is 4.09. The second kappa shape index (κ2) is 9.20. The van der Waals surface area contributed by atoms with E-state index in [1.54, 1.807) is 27.7 Å². The van der Waals surface area contributed by atoms with Crippen molar-refractivity contribution < 1.29 is 23.5 Å². The Balaban J connectivity index is 2.49. The van der Waals surface area contributed by atoms with Gasteiger partial charge in [0, 0.05) is 16.7 Å². The lowest BCUT2D eigenvalue weighted by atomic mass is 10.0. The highest BCUT2D eigenvalue weighted by molar-refractivity contribution is 5.93. The average molecular weight is 472 g/mol. The first kappa shape index (κ1) is 24.8. The molecule has 2 aromatic carbocycles. The van der Waals surface area contributed by atoms with E-state index in [1.807, 2.05) is 0 Å². The second-order valence-corrected chi connectivity index (χ2v) is 8.81. The third-order valence-electron chi connectivity index (χ3n) is 5.50. The highest BCUT2D eigenvalue weighted by Crippen LogP contribution is 2.33. The third-order valence-corrected chi connectivity index (χ3v) is 5.50. The van der Waals surface area contributed by atoms with Gasteiger partial charge in [-0.1, -0.05) is 25.1 Å². The van der Waals surface area contributed by atoms with Crippen molar-refractivity contribution in [1.82, 2.24) is 14.5 Å². The summed E-state index contributed by atoms with van der Waals surface area (Å²) in [5.74, 6) is -0.697. The number of carboxylic acid groups (broad SMARTS) is 1. The van der Waals surface area contributed by atoms with Crippen molar-refractivity contribution in [3.05, 3.63) is 69.8 Å². The Labute approximate surface area is 194 Å². The fraction of sp³-hybridized carbons (Fsp3) is 0.333. The molecule has 1 atom stereocenters. The number of halogens is 2. The van der Waals surface area contributed by atoms with Gasteiger partial charge in [-0.25, -0.2) is 18.6 Å². The SMILES string of the molecule is CCC(c1nc2cccc(C(F)F)c2c(=O)n1-c1cccc(C(N)=O)c1)N(C(=O)O)C(C)(C)C. The van der Waals surface area contributed by atoms with Gasteiger partial charge in [-0.2, -0.15) is 0 Å². The van der Waals surface area contributed by atoms with Crippen LogP contribution < -0.4 is 11.3 Å². The van der Waals surface area contributed by atoms with Gasteiger partial charge in [-0.3, -0.25) is 19.1 Å². The standard InChI is InChI=1S/C24H26F2N4O4/c1-5-17(30(23(33)34)24(2,3)4)21-28-16-11-7-10-15(19(25)26)18(16)22(32)29(21)14-9-6-8-13(12-14)20(27)31/h6-12,17,19H,5H2,1-4H3,(H2,27,31)(H,33,34). The van der Waals surface area contributed by atoms with Gasteiger partial charge in [0.1, 0.15) is 5.82 Å². The molecule has 1 heterocycles. The number of carbonyl (C=O) groups is 2. The van der Waals surface area contributed by atoms with Gasteiger partial charge in [0.25, 0.3) is 12.0 Å². The van der Waals surface area contributed by atoms with E-state index in [1.165, 1.54) is 41.3 Å². The normalized spacial score (nSPS) is 12.7. The van der Waals surface area contributed by atoms with E-state index in [0.29, 0.717) is 0 Å². The molecular weight excluding hydrogens is 446 g/mol. The van der Waals surface area contributed by atoms with Gasteiger partial charge in [0.05, 0.1) is 22.6 Å². The highest BCUT2D eigenvalue weighted by atomic mass is 19.3. The number of fused-ring (bicyclic) bond motifs is 1. The summed E-state index contributed by atoms with van der Waals surface area (Å²) in [7, 11) is 0. The first-order chi connectivity index (χ1) is 15.9. The number of hydrogen-bond acceptors (Lipinski definition) is 4. The van der Waals surface area contributed by atoms with E-state index >= 15 is 0 Å². The van der Waals surface area contributed by atoms with Crippen molar-refractivity contribution in [1.29, 1.82) is 0 Å². The number of carbonyl (C=O) groups excluding carboxylic acids is 1. The molecule has 0 bridgehead atoms. The van der Waals surface area contributed by atoms with Gasteiger partial charge in [-0.05, 0) is 51.5 Å². The number of amides is 2. The van der Waals surface area contributed by atoms with Crippen molar-refractivity contribution in [2.45, 2.75) is 52.1 Å². The van der Waals surface area contributed by atoms with E-state index < -0.39 is 41.1 Å². The van der Waals surface area contributed by atoms with Gasteiger partial charge < -0.3 is 10.8 Å². The Bertz CT molecular complexity index is 1310. The van der Waals surface area contributed by atoms with Crippen LogP contribution in [0.1, 0.15) is 68.3 Å². The lowest BCUT2D eigenvalue weighted by molar-refractivity contribution is 0.0646. The second-order valence-electron chi connectivity index (χ2n) is 8.81. The fourth-order valence-electron chi connectivity index (χ4n) is 4.09. The topological polar surface area (TPSA) is 119 Å². The number of rotatable bonds is 6. The van der Waals surface area contributed by atoms with Crippen molar-refractivity contribution >= 4 is 22.9 Å². The Morgan fingerprint density at radius 3 is 2.35 bits per heavy atom. The van der Waals surface area contributed by atoms with Gasteiger partial charge in [-0.15, -0.1) is 0 Å². The molecule has 1 aromatic heterocycles. The average Bonchev–Trinajstić information content (AvgIpc) is 2.75. The van der Waals surface area contributed by atoms with Crippen LogP contribution in [-0.2, 0) is 0 Å².